The normalized spacial score (nSPS) is 12.6. The molecule has 0 bridgehead atoms. The molecular weight excluding hydrogens is 851 g/mol. The molecule has 13 rings (SSSR count). The maximum absolute atomic E-state index is 2.51. The molecule has 0 unspecified atom stereocenters. The smallest absolute Gasteiger partial charge is 0.0543 e. The van der Waals surface area contributed by atoms with Gasteiger partial charge in [-0.05, 0) is 114 Å². The summed E-state index contributed by atoms with van der Waals surface area (Å²) in [5.41, 5.74) is 20.8. The van der Waals surface area contributed by atoms with Crippen molar-refractivity contribution in [3.63, 3.8) is 0 Å². The lowest BCUT2D eigenvalue weighted by atomic mass is 9.82. The summed E-state index contributed by atoms with van der Waals surface area (Å²) in [5, 5.41) is 5.15. The summed E-state index contributed by atoms with van der Waals surface area (Å²) in [4.78, 5) is 2.51. The third kappa shape index (κ3) is 6.82. The number of hydrogen-bond donors (Lipinski definition) is 0. The first-order valence-electron chi connectivity index (χ1n) is 23.9. The van der Waals surface area contributed by atoms with Gasteiger partial charge in [0.1, 0.15) is 0 Å². The van der Waals surface area contributed by atoms with Crippen LogP contribution in [-0.4, -0.2) is 0 Å². The van der Waals surface area contributed by atoms with Gasteiger partial charge >= 0.3 is 0 Å². The van der Waals surface area contributed by atoms with Gasteiger partial charge in [0.15, 0.2) is 0 Å². The second-order valence-corrected chi connectivity index (χ2v) is 19.9. The Labute approximate surface area is 407 Å². The molecule has 326 valence electrons. The van der Waals surface area contributed by atoms with Crippen molar-refractivity contribution in [2.75, 3.05) is 4.90 Å². The second-order valence-electron chi connectivity index (χ2n) is 18.8. The molecule has 1 aromatic heterocycles. The maximum Gasteiger partial charge on any atom is 0.0543 e. The van der Waals surface area contributed by atoms with Crippen molar-refractivity contribution >= 4 is 59.3 Å². The fourth-order valence-corrected chi connectivity index (χ4v) is 12.4. The Hall–Kier alpha value is -8.30. The van der Waals surface area contributed by atoms with Gasteiger partial charge in [-0.2, -0.15) is 0 Å². The zero-order valence-electron chi connectivity index (χ0n) is 38.5. The fraction of sp³-hybridized carbons (Fsp3) is 0.0448. The van der Waals surface area contributed by atoms with Crippen molar-refractivity contribution in [1.29, 1.82) is 0 Å². The molecule has 0 saturated carbocycles. The van der Waals surface area contributed by atoms with E-state index in [1.165, 1.54) is 115 Å². The van der Waals surface area contributed by atoms with Gasteiger partial charge in [-0.25, -0.2) is 0 Å². The minimum atomic E-state index is -0.136. The van der Waals surface area contributed by atoms with E-state index >= 15 is 0 Å². The Morgan fingerprint density at radius 3 is 1.52 bits per heavy atom. The van der Waals surface area contributed by atoms with Crippen LogP contribution in [0.15, 0.2) is 249 Å². The Bertz CT molecular complexity index is 3890. The number of fused-ring (bicyclic) bond motifs is 7. The number of nitrogens with zero attached hydrogens (tertiary/aromatic N) is 1. The van der Waals surface area contributed by atoms with E-state index in [1.54, 1.807) is 0 Å². The first-order valence-corrected chi connectivity index (χ1v) is 24.7. The van der Waals surface area contributed by atoms with E-state index in [1.807, 2.05) is 11.3 Å². The molecule has 0 atom stereocenters. The molecule has 0 spiro atoms. The molecule has 1 nitrogen and oxygen atoms in total. The third-order valence-corrected chi connectivity index (χ3v) is 15.6. The number of para-hydroxylation sites is 1. The summed E-state index contributed by atoms with van der Waals surface area (Å²) in [6.45, 7) is 4.73. The summed E-state index contributed by atoms with van der Waals surface area (Å²) in [5.74, 6) is 0. The van der Waals surface area contributed by atoms with Gasteiger partial charge in [0.25, 0.3) is 0 Å². The van der Waals surface area contributed by atoms with Crippen molar-refractivity contribution in [3.8, 4) is 66.8 Å². The van der Waals surface area contributed by atoms with Crippen LogP contribution in [0.25, 0.3) is 97.7 Å². The molecule has 0 fully saturated rings. The highest BCUT2D eigenvalue weighted by Crippen LogP contribution is 2.55. The Balaban J connectivity index is 0.927. The van der Waals surface area contributed by atoms with Gasteiger partial charge in [0.05, 0.1) is 11.4 Å². The predicted molar refractivity (Wildman–Crippen MR) is 296 cm³/mol. The fourth-order valence-electron chi connectivity index (χ4n) is 11.2. The van der Waals surface area contributed by atoms with Crippen LogP contribution in [-0.2, 0) is 5.41 Å². The van der Waals surface area contributed by atoms with Crippen molar-refractivity contribution in [2.24, 2.45) is 0 Å². The van der Waals surface area contributed by atoms with E-state index in [0.717, 1.165) is 11.4 Å². The molecule has 1 aliphatic rings. The van der Waals surface area contributed by atoms with Gasteiger partial charge in [0, 0.05) is 42.4 Å². The Kier molecular flexibility index (Phi) is 9.78. The van der Waals surface area contributed by atoms with Crippen molar-refractivity contribution in [2.45, 2.75) is 19.3 Å². The van der Waals surface area contributed by atoms with E-state index in [-0.39, 0.29) is 5.41 Å². The molecule has 12 aromatic rings. The van der Waals surface area contributed by atoms with Crippen molar-refractivity contribution < 1.29 is 0 Å². The summed E-state index contributed by atoms with van der Waals surface area (Å²) >= 11 is 1.88. The molecule has 0 N–H and O–H groups in total. The van der Waals surface area contributed by atoms with E-state index in [4.69, 9.17) is 0 Å². The second kappa shape index (κ2) is 16.5. The SMILES string of the molecule is CC1(C)c2ccccc2-c2c(N(c3ccc(-c4ccc(-c5cccc6cccc(-c7ccccc7)c56)cc4)cc3)c3ccccc3-c3ccc4c(c3)sc3cccc(-c5ccccc5)c34)cccc21. The van der Waals surface area contributed by atoms with Gasteiger partial charge in [-0.15, -0.1) is 11.3 Å². The molecule has 1 aliphatic carbocycles. The number of benzene rings is 11. The third-order valence-electron chi connectivity index (χ3n) is 14.5. The van der Waals surface area contributed by atoms with E-state index < -0.39 is 0 Å². The highest BCUT2D eigenvalue weighted by molar-refractivity contribution is 7.26. The first-order chi connectivity index (χ1) is 34.0. The summed E-state index contributed by atoms with van der Waals surface area (Å²) < 4.78 is 2.59. The molecular formula is C67H47NS. The van der Waals surface area contributed by atoms with Crippen LogP contribution in [0.5, 0.6) is 0 Å². The van der Waals surface area contributed by atoms with Gasteiger partial charge in [0.2, 0.25) is 0 Å². The van der Waals surface area contributed by atoms with Crippen LogP contribution in [0.1, 0.15) is 25.0 Å². The standard InChI is InChI=1S/C67H47NS/c1-67(2)58-28-11-9-24-56(58)66-59(67)29-16-31-61(66)68(60-30-12-10-23-52(60)50-39-42-57-63(43-50)69-62-32-15-27-55(65(57)62)47-19-7-4-8-20-47)51-40-37-45(38-41-51)44-33-35-48(36-34-44)54-26-14-22-49-21-13-25-53(64(49)54)46-17-5-3-6-18-46/h3-43H,1-2H3. The van der Waals surface area contributed by atoms with Gasteiger partial charge in [-0.1, -0.05) is 226 Å². The zero-order chi connectivity index (χ0) is 46.1. The average molecular weight is 898 g/mol. The topological polar surface area (TPSA) is 3.24 Å². The molecule has 0 amide bonds. The summed E-state index contributed by atoms with van der Waals surface area (Å²) in [6, 6.07) is 91.8. The summed E-state index contributed by atoms with van der Waals surface area (Å²) in [6.07, 6.45) is 0. The lowest BCUT2D eigenvalue weighted by molar-refractivity contribution is 0.660. The molecule has 0 saturated heterocycles. The van der Waals surface area contributed by atoms with Crippen LogP contribution in [0.3, 0.4) is 0 Å². The predicted octanol–water partition coefficient (Wildman–Crippen LogP) is 19.3. The lowest BCUT2D eigenvalue weighted by Crippen LogP contribution is -2.16. The highest BCUT2D eigenvalue weighted by Gasteiger charge is 2.38. The van der Waals surface area contributed by atoms with E-state index in [9.17, 15) is 0 Å². The van der Waals surface area contributed by atoms with E-state index in [2.05, 4.69) is 267 Å². The average Bonchev–Trinajstić information content (AvgIpc) is 3.91. The number of hydrogen-bond acceptors (Lipinski definition) is 2. The minimum Gasteiger partial charge on any atom is -0.309 e. The largest absolute Gasteiger partial charge is 0.309 e. The number of thiophene rings is 1. The Morgan fingerprint density at radius 2 is 0.826 bits per heavy atom. The molecule has 69 heavy (non-hydrogen) atoms. The van der Waals surface area contributed by atoms with Gasteiger partial charge in [-0.3, -0.25) is 0 Å². The van der Waals surface area contributed by atoms with Crippen molar-refractivity contribution in [3.05, 3.63) is 260 Å². The molecule has 1 heterocycles. The summed E-state index contributed by atoms with van der Waals surface area (Å²) in [7, 11) is 0. The molecule has 0 aliphatic heterocycles. The van der Waals surface area contributed by atoms with Crippen LogP contribution in [0.2, 0.25) is 0 Å². The van der Waals surface area contributed by atoms with E-state index in [0.29, 0.717) is 0 Å². The zero-order valence-corrected chi connectivity index (χ0v) is 39.3. The monoisotopic (exact) mass is 897 g/mol. The maximum atomic E-state index is 2.51. The quantitative estimate of drug-likeness (QED) is 0.147. The number of anilines is 3. The molecule has 0 radical (unpaired) electrons. The van der Waals surface area contributed by atoms with Crippen LogP contribution >= 0.6 is 11.3 Å². The Morgan fingerprint density at radius 1 is 0.333 bits per heavy atom. The van der Waals surface area contributed by atoms with Crippen LogP contribution in [0.4, 0.5) is 17.1 Å². The lowest BCUT2D eigenvalue weighted by Gasteiger charge is -2.30. The van der Waals surface area contributed by atoms with Crippen LogP contribution < -0.4 is 4.90 Å². The van der Waals surface area contributed by atoms with Gasteiger partial charge < -0.3 is 4.90 Å². The highest BCUT2D eigenvalue weighted by atomic mass is 32.1. The van der Waals surface area contributed by atoms with Crippen molar-refractivity contribution in [1.82, 2.24) is 0 Å². The number of rotatable bonds is 8. The molecule has 2 heteroatoms. The van der Waals surface area contributed by atoms with Crippen LogP contribution in [0, 0.1) is 0 Å². The first kappa shape index (κ1) is 40.9. The minimum absolute atomic E-state index is 0.136. The molecule has 11 aromatic carbocycles.